The molecule has 0 bridgehead atoms. The summed E-state index contributed by atoms with van der Waals surface area (Å²) in [6, 6.07) is 6.97. The largest absolute Gasteiger partial charge is 0.493 e. The molecule has 2 aromatic heterocycles. The van der Waals surface area contributed by atoms with Crippen molar-refractivity contribution in [1.82, 2.24) is 20.1 Å². The highest BCUT2D eigenvalue weighted by Gasteiger charge is 2.22. The van der Waals surface area contributed by atoms with Gasteiger partial charge in [0.2, 0.25) is 11.8 Å². The van der Waals surface area contributed by atoms with Crippen LogP contribution >= 0.6 is 0 Å². The van der Waals surface area contributed by atoms with E-state index in [-0.39, 0.29) is 12.6 Å². The van der Waals surface area contributed by atoms with Gasteiger partial charge in [-0.15, -0.1) is 5.10 Å². The van der Waals surface area contributed by atoms with E-state index in [1.54, 1.807) is 24.7 Å². The minimum Gasteiger partial charge on any atom is -0.493 e. The van der Waals surface area contributed by atoms with Gasteiger partial charge < -0.3 is 24.3 Å². The molecule has 1 aliphatic rings. The lowest BCUT2D eigenvalue weighted by Gasteiger charge is -2.10. The van der Waals surface area contributed by atoms with E-state index >= 15 is 0 Å². The first kappa shape index (κ1) is 18.1. The summed E-state index contributed by atoms with van der Waals surface area (Å²) in [6.07, 6.45) is 1.39. The number of nitrogens with one attached hydrogen (secondary N) is 1. The van der Waals surface area contributed by atoms with E-state index in [4.69, 9.17) is 19.0 Å². The molecule has 1 aromatic carbocycles. The lowest BCUT2D eigenvalue weighted by atomic mass is 10.3. The number of carbonyl (C=O) groups is 1. The van der Waals surface area contributed by atoms with Crippen LogP contribution in [0.5, 0.6) is 11.6 Å². The first-order valence-corrected chi connectivity index (χ1v) is 9.18. The zero-order valence-electron chi connectivity index (χ0n) is 15.7. The number of ether oxygens (including phenoxy) is 2. The van der Waals surface area contributed by atoms with E-state index in [9.17, 15) is 4.79 Å². The fourth-order valence-electron chi connectivity index (χ4n) is 2.78. The normalized spacial score (nSPS) is 14.8. The van der Waals surface area contributed by atoms with Crippen LogP contribution in [0.1, 0.15) is 19.8 Å². The van der Waals surface area contributed by atoms with Crippen molar-refractivity contribution in [3.8, 4) is 23.2 Å². The van der Waals surface area contributed by atoms with Crippen LogP contribution in [0.2, 0.25) is 0 Å². The van der Waals surface area contributed by atoms with Gasteiger partial charge >= 0.3 is 6.09 Å². The van der Waals surface area contributed by atoms with Crippen molar-refractivity contribution < 1.29 is 23.8 Å². The highest BCUT2D eigenvalue weighted by Crippen LogP contribution is 2.31. The Morgan fingerprint density at radius 1 is 1.39 bits per heavy atom. The molecule has 0 spiro atoms. The van der Waals surface area contributed by atoms with Crippen LogP contribution in [0.25, 0.3) is 22.7 Å². The Labute approximate surface area is 161 Å². The van der Waals surface area contributed by atoms with Crippen molar-refractivity contribution in [3.05, 3.63) is 24.3 Å². The second kappa shape index (κ2) is 7.41. The first-order chi connectivity index (χ1) is 13.5. The molecule has 4 rings (SSSR count). The number of aromatic nitrogens is 3. The minimum absolute atomic E-state index is 0.165. The highest BCUT2D eigenvalue weighted by molar-refractivity contribution is 5.77. The zero-order valence-corrected chi connectivity index (χ0v) is 15.7. The molecule has 0 radical (unpaired) electrons. The third-order valence-corrected chi connectivity index (χ3v) is 4.47. The molecule has 2 N–H and O–H groups in total. The molecule has 1 saturated carbocycles. The summed E-state index contributed by atoms with van der Waals surface area (Å²) >= 11 is 0. The van der Waals surface area contributed by atoms with Crippen LogP contribution in [0.15, 0.2) is 28.7 Å². The van der Waals surface area contributed by atoms with Crippen LogP contribution < -0.4 is 14.8 Å². The Hall–Kier alpha value is -3.23. The molecule has 1 fully saturated rings. The third kappa shape index (κ3) is 4.19. The quantitative estimate of drug-likeness (QED) is 0.612. The molecule has 9 nitrogen and oxygen atoms in total. The van der Waals surface area contributed by atoms with E-state index in [2.05, 4.69) is 15.4 Å². The Kier molecular flexibility index (Phi) is 4.81. The summed E-state index contributed by atoms with van der Waals surface area (Å²) in [4.78, 5) is 15.1. The number of fused-ring (bicyclic) bond motifs is 1. The summed E-state index contributed by atoms with van der Waals surface area (Å²) in [5, 5.41) is 15.3. The number of aryl methyl sites for hydroxylation is 1. The molecule has 148 valence electrons. The van der Waals surface area contributed by atoms with Gasteiger partial charge in [-0.2, -0.15) is 0 Å². The Bertz CT molecular complexity index is 992. The van der Waals surface area contributed by atoms with E-state index in [0.717, 1.165) is 17.9 Å². The second-order valence-electron chi connectivity index (χ2n) is 7.06. The summed E-state index contributed by atoms with van der Waals surface area (Å²) in [7, 11) is 1.76. The second-order valence-corrected chi connectivity index (χ2v) is 7.06. The van der Waals surface area contributed by atoms with Crippen molar-refractivity contribution >= 4 is 17.2 Å². The maximum atomic E-state index is 10.6. The van der Waals surface area contributed by atoms with Gasteiger partial charge in [0.25, 0.3) is 0 Å². The van der Waals surface area contributed by atoms with E-state index in [0.29, 0.717) is 29.0 Å². The number of amides is 1. The van der Waals surface area contributed by atoms with Gasteiger partial charge in [-0.05, 0) is 37.8 Å². The van der Waals surface area contributed by atoms with Gasteiger partial charge in [0.05, 0.1) is 12.6 Å². The summed E-state index contributed by atoms with van der Waals surface area (Å²) in [6.45, 7) is 2.61. The van der Waals surface area contributed by atoms with Crippen LogP contribution in [-0.4, -0.2) is 45.2 Å². The third-order valence-electron chi connectivity index (χ3n) is 4.47. The summed E-state index contributed by atoms with van der Waals surface area (Å²) in [5.74, 6) is 2.25. The fourth-order valence-corrected chi connectivity index (χ4v) is 2.78. The fraction of sp³-hybridized carbons (Fsp3) is 0.421. The predicted octanol–water partition coefficient (Wildman–Crippen LogP) is 3.05. The van der Waals surface area contributed by atoms with Gasteiger partial charge in [-0.1, -0.05) is 0 Å². The molecule has 3 aromatic rings. The van der Waals surface area contributed by atoms with Gasteiger partial charge in [0.15, 0.2) is 5.58 Å². The number of nitrogens with zero attached hydrogens (tertiary/aromatic N) is 3. The van der Waals surface area contributed by atoms with E-state index in [1.807, 2.05) is 18.2 Å². The van der Waals surface area contributed by atoms with Crippen molar-refractivity contribution in [3.63, 3.8) is 0 Å². The van der Waals surface area contributed by atoms with Crippen LogP contribution in [0, 0.1) is 5.92 Å². The lowest BCUT2D eigenvalue weighted by molar-refractivity contribution is 0.182. The number of hydrogen-bond donors (Lipinski definition) is 2. The minimum atomic E-state index is -1.09. The number of oxazole rings is 1. The van der Waals surface area contributed by atoms with Crippen molar-refractivity contribution in [1.29, 1.82) is 0 Å². The SMILES string of the molecule is C[C@@H](COc1cc(-c2nc3ccc(OCC4CC4)cc3o2)n(C)n1)NC(=O)O. The molecule has 2 heterocycles. The Balaban J connectivity index is 1.47. The van der Waals surface area contributed by atoms with Crippen LogP contribution in [-0.2, 0) is 7.05 Å². The Morgan fingerprint density at radius 3 is 2.96 bits per heavy atom. The number of rotatable bonds is 8. The van der Waals surface area contributed by atoms with Gasteiger partial charge in [-0.25, -0.2) is 9.78 Å². The zero-order chi connectivity index (χ0) is 19.7. The smallest absolute Gasteiger partial charge is 0.404 e. The lowest BCUT2D eigenvalue weighted by Crippen LogP contribution is -2.35. The molecule has 0 aliphatic heterocycles. The molecular weight excluding hydrogens is 364 g/mol. The topological polar surface area (TPSA) is 112 Å². The highest BCUT2D eigenvalue weighted by atomic mass is 16.5. The molecule has 1 aliphatic carbocycles. The summed E-state index contributed by atoms with van der Waals surface area (Å²) in [5.41, 5.74) is 2.04. The van der Waals surface area contributed by atoms with Crippen molar-refractivity contribution in [2.24, 2.45) is 13.0 Å². The number of hydrogen-bond acceptors (Lipinski definition) is 6. The Morgan fingerprint density at radius 2 is 2.21 bits per heavy atom. The van der Waals surface area contributed by atoms with Crippen molar-refractivity contribution in [2.45, 2.75) is 25.8 Å². The van der Waals surface area contributed by atoms with Crippen molar-refractivity contribution in [2.75, 3.05) is 13.2 Å². The molecule has 9 heteroatoms. The predicted molar refractivity (Wildman–Crippen MR) is 101 cm³/mol. The number of benzene rings is 1. The standard InChI is InChI=1S/C19H22N4O5/c1-11(20-19(24)25)9-27-17-8-15(23(2)22-17)18-21-14-6-5-13(7-16(14)28-18)26-10-12-3-4-12/h5-8,11-12,20H,3-4,9-10H2,1-2H3,(H,24,25)/t11-/m0/s1. The first-order valence-electron chi connectivity index (χ1n) is 9.18. The average molecular weight is 386 g/mol. The number of carboxylic acid groups (broad SMARTS) is 1. The molecule has 0 saturated heterocycles. The summed E-state index contributed by atoms with van der Waals surface area (Å²) < 4.78 is 18.9. The molecule has 0 unspecified atom stereocenters. The molecule has 28 heavy (non-hydrogen) atoms. The molecule has 1 amide bonds. The monoisotopic (exact) mass is 386 g/mol. The van der Waals surface area contributed by atoms with E-state index in [1.165, 1.54) is 12.8 Å². The van der Waals surface area contributed by atoms with Gasteiger partial charge in [-0.3, -0.25) is 4.68 Å². The molecular formula is C19H22N4O5. The maximum absolute atomic E-state index is 10.6. The van der Waals surface area contributed by atoms with E-state index < -0.39 is 6.09 Å². The van der Waals surface area contributed by atoms with Gasteiger partial charge in [0, 0.05) is 19.2 Å². The maximum Gasteiger partial charge on any atom is 0.404 e. The van der Waals surface area contributed by atoms with Gasteiger partial charge in [0.1, 0.15) is 23.6 Å². The van der Waals surface area contributed by atoms with Crippen LogP contribution in [0.3, 0.4) is 0 Å². The molecule has 1 atom stereocenters. The van der Waals surface area contributed by atoms with Crippen LogP contribution in [0.4, 0.5) is 4.79 Å². The average Bonchev–Trinajstić information content (AvgIpc) is 3.26.